The minimum atomic E-state index is -3.94. The summed E-state index contributed by atoms with van der Waals surface area (Å²) in [7, 11) is -2.72. The van der Waals surface area contributed by atoms with E-state index in [1.165, 1.54) is 31.4 Å². The van der Waals surface area contributed by atoms with Gasteiger partial charge in [0, 0.05) is 5.02 Å². The molecule has 0 saturated carbocycles. The number of carbonyl (C=O) groups excluding carboxylic acids is 1. The zero-order valence-electron chi connectivity index (χ0n) is 13.6. The van der Waals surface area contributed by atoms with Crippen LogP contribution in [0, 0.1) is 13.8 Å². The highest BCUT2D eigenvalue weighted by molar-refractivity contribution is 7.92. The first-order chi connectivity index (χ1) is 11.2. The highest BCUT2D eigenvalue weighted by Gasteiger charge is 2.27. The van der Waals surface area contributed by atoms with Crippen molar-refractivity contribution in [2.45, 2.75) is 18.7 Å². The van der Waals surface area contributed by atoms with E-state index < -0.39 is 22.5 Å². The Morgan fingerprint density at radius 1 is 1.08 bits per heavy atom. The molecule has 2 rings (SSSR count). The van der Waals surface area contributed by atoms with E-state index in [1.54, 1.807) is 12.1 Å². The van der Waals surface area contributed by atoms with E-state index in [0.717, 1.165) is 15.4 Å². The normalized spacial score (nSPS) is 11.2. The first-order valence-electron chi connectivity index (χ1n) is 7.17. The van der Waals surface area contributed by atoms with Crippen molar-refractivity contribution in [2.75, 3.05) is 18.0 Å². The smallest absolute Gasteiger partial charge is 0.326 e. The highest BCUT2D eigenvalue weighted by atomic mass is 35.5. The summed E-state index contributed by atoms with van der Waals surface area (Å²) in [5.41, 5.74) is 2.20. The fraction of sp³-hybridized carbons (Fsp3) is 0.235. The van der Waals surface area contributed by atoms with E-state index in [4.69, 9.17) is 11.6 Å². The number of nitrogens with zero attached hydrogens (tertiary/aromatic N) is 1. The molecule has 0 fully saturated rings. The molecule has 0 atom stereocenters. The topological polar surface area (TPSA) is 63.7 Å². The summed E-state index contributed by atoms with van der Waals surface area (Å²) in [6.07, 6.45) is 0. The molecule has 0 radical (unpaired) electrons. The molecular formula is C17H18ClNO4S. The van der Waals surface area contributed by atoms with Crippen molar-refractivity contribution >= 4 is 33.3 Å². The number of aryl methyl sites for hydroxylation is 2. The number of esters is 1. The van der Waals surface area contributed by atoms with Crippen LogP contribution in [0.15, 0.2) is 47.4 Å². The maximum atomic E-state index is 13.0. The maximum Gasteiger partial charge on any atom is 0.326 e. The summed E-state index contributed by atoms with van der Waals surface area (Å²) in [5.74, 6) is -0.647. The summed E-state index contributed by atoms with van der Waals surface area (Å²) in [6.45, 7) is 3.31. The van der Waals surface area contributed by atoms with E-state index >= 15 is 0 Å². The van der Waals surface area contributed by atoms with Crippen LogP contribution in [-0.2, 0) is 19.6 Å². The fourth-order valence-corrected chi connectivity index (χ4v) is 3.84. The number of hydrogen-bond donors (Lipinski definition) is 0. The molecule has 0 saturated heterocycles. The van der Waals surface area contributed by atoms with E-state index in [2.05, 4.69) is 4.74 Å². The van der Waals surface area contributed by atoms with Gasteiger partial charge in [0.1, 0.15) is 6.54 Å². The van der Waals surface area contributed by atoms with Crippen LogP contribution < -0.4 is 4.31 Å². The second-order valence-corrected chi connectivity index (χ2v) is 7.69. The summed E-state index contributed by atoms with van der Waals surface area (Å²) in [5, 5.41) is 0.430. The third kappa shape index (κ3) is 4.07. The minimum Gasteiger partial charge on any atom is -0.468 e. The lowest BCUT2D eigenvalue weighted by Crippen LogP contribution is -2.36. The molecule has 2 aromatic rings. The van der Waals surface area contributed by atoms with Crippen LogP contribution in [0.25, 0.3) is 0 Å². The summed E-state index contributed by atoms with van der Waals surface area (Å²) < 4.78 is 31.7. The Kier molecular flexibility index (Phi) is 5.51. The van der Waals surface area contributed by atoms with Crippen LogP contribution in [-0.4, -0.2) is 28.0 Å². The van der Waals surface area contributed by atoms with Crippen molar-refractivity contribution in [3.63, 3.8) is 0 Å². The van der Waals surface area contributed by atoms with Crippen LogP contribution in [0.1, 0.15) is 11.1 Å². The van der Waals surface area contributed by atoms with Gasteiger partial charge in [0.25, 0.3) is 10.0 Å². The van der Waals surface area contributed by atoms with E-state index in [0.29, 0.717) is 10.7 Å². The Morgan fingerprint density at radius 3 is 2.12 bits per heavy atom. The van der Waals surface area contributed by atoms with Crippen molar-refractivity contribution < 1.29 is 17.9 Å². The number of hydrogen-bond acceptors (Lipinski definition) is 4. The number of anilines is 1. The number of rotatable bonds is 5. The third-order valence-corrected chi connectivity index (χ3v) is 5.44. The van der Waals surface area contributed by atoms with Gasteiger partial charge in [-0.1, -0.05) is 17.7 Å². The number of methoxy groups -OCH3 is 1. The molecular weight excluding hydrogens is 350 g/mol. The molecule has 0 aliphatic heterocycles. The van der Waals surface area contributed by atoms with E-state index in [-0.39, 0.29) is 4.90 Å². The third-order valence-electron chi connectivity index (χ3n) is 3.40. The van der Waals surface area contributed by atoms with Crippen molar-refractivity contribution in [3.8, 4) is 0 Å². The monoisotopic (exact) mass is 367 g/mol. The molecule has 0 heterocycles. The number of halogens is 1. The van der Waals surface area contributed by atoms with Crippen LogP contribution in [0.3, 0.4) is 0 Å². The van der Waals surface area contributed by atoms with Crippen molar-refractivity contribution in [1.29, 1.82) is 0 Å². The molecule has 0 spiro atoms. The van der Waals surface area contributed by atoms with Crippen LogP contribution in [0.4, 0.5) is 5.69 Å². The summed E-state index contributed by atoms with van der Waals surface area (Å²) in [4.78, 5) is 11.8. The Hall–Kier alpha value is -2.05. The van der Waals surface area contributed by atoms with Crippen LogP contribution in [0.5, 0.6) is 0 Å². The number of sulfonamides is 1. The van der Waals surface area contributed by atoms with Gasteiger partial charge >= 0.3 is 5.97 Å². The number of benzene rings is 2. The van der Waals surface area contributed by atoms with Gasteiger partial charge in [-0.3, -0.25) is 9.10 Å². The molecule has 0 aliphatic rings. The molecule has 2 aromatic carbocycles. The first-order valence-corrected chi connectivity index (χ1v) is 8.99. The first kappa shape index (κ1) is 18.3. The van der Waals surface area contributed by atoms with Gasteiger partial charge in [0.15, 0.2) is 0 Å². The maximum absolute atomic E-state index is 13.0. The molecule has 7 heteroatoms. The molecule has 128 valence electrons. The molecule has 0 aliphatic carbocycles. The quantitative estimate of drug-likeness (QED) is 0.760. The standard InChI is InChI=1S/C17H18ClNO4S/c1-12-8-13(2)10-15(9-12)19(11-17(20)23-3)24(21,22)16-6-4-14(18)5-7-16/h4-10H,11H2,1-3H3. The molecule has 0 aromatic heterocycles. The van der Waals surface area contributed by atoms with Crippen molar-refractivity contribution in [1.82, 2.24) is 0 Å². The predicted molar refractivity (Wildman–Crippen MR) is 93.9 cm³/mol. The molecule has 0 N–H and O–H groups in total. The zero-order valence-corrected chi connectivity index (χ0v) is 15.2. The number of carbonyl (C=O) groups is 1. The van der Waals surface area contributed by atoms with E-state index in [1.807, 2.05) is 19.9 Å². The van der Waals surface area contributed by atoms with Crippen molar-refractivity contribution in [3.05, 3.63) is 58.6 Å². The van der Waals surface area contributed by atoms with Gasteiger partial charge in [-0.2, -0.15) is 0 Å². The second kappa shape index (κ2) is 7.23. The average Bonchev–Trinajstić information content (AvgIpc) is 2.51. The van der Waals surface area contributed by atoms with Gasteiger partial charge < -0.3 is 4.74 Å². The molecule has 5 nitrogen and oxygen atoms in total. The lowest BCUT2D eigenvalue weighted by atomic mass is 10.1. The molecule has 0 bridgehead atoms. The SMILES string of the molecule is COC(=O)CN(c1cc(C)cc(C)c1)S(=O)(=O)c1ccc(Cl)cc1. The van der Waals surface area contributed by atoms with Crippen molar-refractivity contribution in [2.24, 2.45) is 0 Å². The van der Waals surface area contributed by atoms with Crippen LogP contribution >= 0.6 is 11.6 Å². The lowest BCUT2D eigenvalue weighted by Gasteiger charge is -2.24. The van der Waals surface area contributed by atoms with Gasteiger partial charge in [0.05, 0.1) is 17.7 Å². The molecule has 24 heavy (non-hydrogen) atoms. The summed E-state index contributed by atoms with van der Waals surface area (Å²) >= 11 is 5.82. The summed E-state index contributed by atoms with van der Waals surface area (Å²) in [6, 6.07) is 11.1. The Bertz CT molecular complexity index is 827. The highest BCUT2D eigenvalue weighted by Crippen LogP contribution is 2.26. The fourth-order valence-electron chi connectivity index (χ4n) is 2.33. The Morgan fingerprint density at radius 2 is 1.62 bits per heavy atom. The van der Waals surface area contributed by atoms with Crippen LogP contribution in [0.2, 0.25) is 5.02 Å². The van der Waals surface area contributed by atoms with Gasteiger partial charge in [-0.25, -0.2) is 8.42 Å². The van der Waals surface area contributed by atoms with Gasteiger partial charge in [-0.05, 0) is 61.4 Å². The Labute approximate surface area is 146 Å². The van der Waals surface area contributed by atoms with E-state index in [9.17, 15) is 13.2 Å². The molecule has 0 amide bonds. The minimum absolute atomic E-state index is 0.0509. The average molecular weight is 368 g/mol. The van der Waals surface area contributed by atoms with Gasteiger partial charge in [0.2, 0.25) is 0 Å². The second-order valence-electron chi connectivity index (χ2n) is 5.39. The Balaban J connectivity index is 2.56. The van der Waals surface area contributed by atoms with Gasteiger partial charge in [-0.15, -0.1) is 0 Å². The largest absolute Gasteiger partial charge is 0.468 e. The predicted octanol–water partition coefficient (Wildman–Crippen LogP) is 3.33. The zero-order chi connectivity index (χ0) is 17.9. The lowest BCUT2D eigenvalue weighted by molar-refractivity contribution is -0.138. The number of ether oxygens (including phenoxy) is 1. The molecule has 0 unspecified atom stereocenters.